The van der Waals surface area contributed by atoms with Gasteiger partial charge in [-0.3, -0.25) is 9.78 Å². The van der Waals surface area contributed by atoms with Crippen LogP contribution in [0, 0.1) is 6.92 Å². The fourth-order valence-corrected chi connectivity index (χ4v) is 5.00. The van der Waals surface area contributed by atoms with Crippen molar-refractivity contribution in [1.82, 2.24) is 4.98 Å². The summed E-state index contributed by atoms with van der Waals surface area (Å²) in [5.74, 6) is -0.710. The molecular weight excluding hydrogens is 490 g/mol. The molecule has 3 heterocycles. The van der Waals surface area contributed by atoms with Crippen molar-refractivity contribution in [1.29, 1.82) is 0 Å². The molecule has 3 aromatic rings. The fourth-order valence-electron chi connectivity index (χ4n) is 5.00. The summed E-state index contributed by atoms with van der Waals surface area (Å²) in [5.41, 5.74) is 1.64. The number of carbonyl (C=O) groups is 1. The molecule has 6 nitrogen and oxygen atoms in total. The zero-order chi connectivity index (χ0) is 26.4. The lowest BCUT2D eigenvalue weighted by molar-refractivity contribution is -0.137. The molecule has 0 spiro atoms. The van der Waals surface area contributed by atoms with Gasteiger partial charge in [0, 0.05) is 36.7 Å². The summed E-state index contributed by atoms with van der Waals surface area (Å²) >= 11 is 0. The van der Waals surface area contributed by atoms with Crippen LogP contribution in [0.3, 0.4) is 0 Å². The Labute approximate surface area is 210 Å². The standard InChI is InChI=1S/C27H25F4N3O3/c1-16-2-5-21(33-25(36)19-8-20(13-32-12-19)27(29,30)31)10-22(16)17-3-4-18-11-26(28,15-35)24-14-37-7-6-34(24)23(18)9-17/h2-5,8-10,12-13,24,35H,6-7,11,14-15H2,1H3,(H,33,36)/t24-,26+/m0/s1. The van der Waals surface area contributed by atoms with Gasteiger partial charge in [0.1, 0.15) is 0 Å². The van der Waals surface area contributed by atoms with Crippen molar-refractivity contribution >= 4 is 17.3 Å². The first-order valence-electron chi connectivity index (χ1n) is 11.8. The van der Waals surface area contributed by atoms with E-state index in [0.29, 0.717) is 25.0 Å². The van der Waals surface area contributed by atoms with E-state index in [1.807, 2.05) is 36.1 Å². The third-order valence-corrected chi connectivity index (χ3v) is 7.00. The number of amides is 1. The van der Waals surface area contributed by atoms with Gasteiger partial charge in [-0.2, -0.15) is 13.2 Å². The molecule has 0 bridgehead atoms. The summed E-state index contributed by atoms with van der Waals surface area (Å²) < 4.78 is 60.1. The molecule has 1 aromatic heterocycles. The highest BCUT2D eigenvalue weighted by atomic mass is 19.4. The van der Waals surface area contributed by atoms with E-state index in [2.05, 4.69) is 10.3 Å². The lowest BCUT2D eigenvalue weighted by atomic mass is 9.82. The maximum absolute atomic E-state index is 15.5. The molecule has 37 heavy (non-hydrogen) atoms. The van der Waals surface area contributed by atoms with Gasteiger partial charge in [0.05, 0.1) is 37.0 Å². The zero-order valence-electron chi connectivity index (χ0n) is 20.0. The molecule has 1 saturated heterocycles. The van der Waals surface area contributed by atoms with E-state index >= 15 is 4.39 Å². The van der Waals surface area contributed by atoms with Gasteiger partial charge < -0.3 is 20.1 Å². The number of nitrogens with one attached hydrogen (secondary N) is 1. The number of aryl methyl sites for hydroxylation is 1. The first-order chi connectivity index (χ1) is 17.6. The number of aliphatic hydroxyl groups is 1. The highest BCUT2D eigenvalue weighted by Gasteiger charge is 2.48. The summed E-state index contributed by atoms with van der Waals surface area (Å²) in [6.07, 6.45) is -2.78. The summed E-state index contributed by atoms with van der Waals surface area (Å²) in [5, 5.41) is 12.4. The van der Waals surface area contributed by atoms with Gasteiger partial charge in [0.2, 0.25) is 0 Å². The van der Waals surface area contributed by atoms with Crippen LogP contribution < -0.4 is 10.2 Å². The molecule has 1 amide bonds. The first-order valence-corrected chi connectivity index (χ1v) is 11.8. The number of halogens is 4. The molecule has 2 atom stereocenters. The summed E-state index contributed by atoms with van der Waals surface area (Å²) in [6.45, 7) is 2.44. The van der Waals surface area contributed by atoms with Gasteiger partial charge in [-0.1, -0.05) is 18.2 Å². The molecule has 1 fully saturated rings. The summed E-state index contributed by atoms with van der Waals surface area (Å²) in [7, 11) is 0. The van der Waals surface area contributed by atoms with Crippen LogP contribution in [0.5, 0.6) is 0 Å². The smallest absolute Gasteiger partial charge is 0.393 e. The zero-order valence-corrected chi connectivity index (χ0v) is 20.0. The number of aliphatic hydroxyl groups excluding tert-OH is 1. The van der Waals surface area contributed by atoms with E-state index in [-0.39, 0.29) is 18.6 Å². The van der Waals surface area contributed by atoms with Crippen molar-refractivity contribution in [3.63, 3.8) is 0 Å². The van der Waals surface area contributed by atoms with E-state index < -0.39 is 36.0 Å². The van der Waals surface area contributed by atoms with Crippen LogP contribution in [0.15, 0.2) is 54.9 Å². The lowest BCUT2D eigenvalue weighted by Gasteiger charge is -2.48. The Hall–Kier alpha value is -3.50. The molecule has 5 rings (SSSR count). The Kier molecular flexibility index (Phi) is 6.41. The molecule has 0 unspecified atom stereocenters. The third kappa shape index (κ3) is 4.78. The number of ether oxygens (including phenoxy) is 1. The summed E-state index contributed by atoms with van der Waals surface area (Å²) in [6, 6.07) is 11.1. The van der Waals surface area contributed by atoms with Crippen LogP contribution in [0.4, 0.5) is 28.9 Å². The number of hydrogen-bond acceptors (Lipinski definition) is 5. The minimum atomic E-state index is -4.61. The van der Waals surface area contributed by atoms with Gasteiger partial charge in [-0.05, 0) is 53.4 Å². The Morgan fingerprint density at radius 3 is 2.78 bits per heavy atom. The molecule has 0 aliphatic carbocycles. The molecule has 2 aliphatic heterocycles. The average molecular weight is 516 g/mol. The molecule has 0 radical (unpaired) electrons. The lowest BCUT2D eigenvalue weighted by Crippen LogP contribution is -2.62. The number of alkyl halides is 4. The number of hydrogen-bond donors (Lipinski definition) is 2. The number of fused-ring (bicyclic) bond motifs is 3. The van der Waals surface area contributed by atoms with Crippen molar-refractivity contribution in [3.8, 4) is 11.1 Å². The quantitative estimate of drug-likeness (QED) is 0.489. The van der Waals surface area contributed by atoms with E-state index in [9.17, 15) is 23.1 Å². The van der Waals surface area contributed by atoms with Gasteiger partial charge in [-0.15, -0.1) is 0 Å². The third-order valence-electron chi connectivity index (χ3n) is 7.00. The van der Waals surface area contributed by atoms with Gasteiger partial charge in [-0.25, -0.2) is 4.39 Å². The molecule has 2 aromatic carbocycles. The number of anilines is 2. The second-order valence-corrected chi connectivity index (χ2v) is 9.44. The fraction of sp³-hybridized carbons (Fsp3) is 0.333. The van der Waals surface area contributed by atoms with E-state index in [0.717, 1.165) is 40.2 Å². The van der Waals surface area contributed by atoms with Gasteiger partial charge >= 0.3 is 6.18 Å². The molecule has 194 valence electrons. The van der Waals surface area contributed by atoms with Crippen LogP contribution in [-0.2, 0) is 17.3 Å². The van der Waals surface area contributed by atoms with Gasteiger partial charge in [0.15, 0.2) is 5.67 Å². The number of carbonyl (C=O) groups excluding carboxylic acids is 1. The second kappa shape index (κ2) is 9.42. The van der Waals surface area contributed by atoms with E-state index in [1.165, 1.54) is 0 Å². The van der Waals surface area contributed by atoms with Crippen molar-refractivity contribution in [3.05, 3.63) is 77.1 Å². The van der Waals surface area contributed by atoms with Crippen LogP contribution in [0.2, 0.25) is 0 Å². The number of morpholine rings is 1. The predicted octanol–water partition coefficient (Wildman–Crippen LogP) is 4.79. The Morgan fingerprint density at radius 2 is 2.03 bits per heavy atom. The Balaban J connectivity index is 1.45. The predicted molar refractivity (Wildman–Crippen MR) is 130 cm³/mol. The van der Waals surface area contributed by atoms with Crippen molar-refractivity contribution in [2.75, 3.05) is 36.6 Å². The highest BCUT2D eigenvalue weighted by Crippen LogP contribution is 2.42. The van der Waals surface area contributed by atoms with Crippen molar-refractivity contribution in [2.24, 2.45) is 0 Å². The monoisotopic (exact) mass is 515 g/mol. The minimum absolute atomic E-state index is 0.0732. The number of benzene rings is 2. The number of pyridine rings is 1. The molecule has 0 saturated carbocycles. The maximum Gasteiger partial charge on any atom is 0.417 e. The number of aromatic nitrogens is 1. The largest absolute Gasteiger partial charge is 0.417 e. The molecule has 2 N–H and O–H groups in total. The summed E-state index contributed by atoms with van der Waals surface area (Å²) in [4.78, 5) is 18.2. The first kappa shape index (κ1) is 25.2. The van der Waals surface area contributed by atoms with E-state index in [1.54, 1.807) is 12.1 Å². The Morgan fingerprint density at radius 1 is 1.22 bits per heavy atom. The number of nitrogens with zero attached hydrogens (tertiary/aromatic N) is 2. The van der Waals surface area contributed by atoms with E-state index in [4.69, 9.17) is 4.74 Å². The van der Waals surface area contributed by atoms with Crippen molar-refractivity contribution < 1.29 is 32.2 Å². The molecular formula is C27H25F4N3O3. The molecule has 10 heteroatoms. The normalized spacial score (nSPS) is 21.2. The van der Waals surface area contributed by atoms with Crippen molar-refractivity contribution in [2.45, 2.75) is 31.2 Å². The van der Waals surface area contributed by atoms with Crippen LogP contribution in [-0.4, -0.2) is 54.1 Å². The topological polar surface area (TPSA) is 74.7 Å². The SMILES string of the molecule is Cc1ccc(NC(=O)c2cncc(C(F)(F)F)c2)cc1-c1ccc2c(c1)N1CCOC[C@H]1[C@](F)(CO)C2. The highest BCUT2D eigenvalue weighted by molar-refractivity contribution is 6.04. The minimum Gasteiger partial charge on any atom is -0.393 e. The second-order valence-electron chi connectivity index (χ2n) is 9.44. The maximum atomic E-state index is 15.5. The average Bonchev–Trinajstić information content (AvgIpc) is 2.89. The van der Waals surface area contributed by atoms with Crippen LogP contribution >= 0.6 is 0 Å². The Bertz CT molecular complexity index is 1350. The van der Waals surface area contributed by atoms with Gasteiger partial charge in [0.25, 0.3) is 5.91 Å². The molecule has 2 aliphatic rings. The van der Waals surface area contributed by atoms with Crippen LogP contribution in [0.25, 0.3) is 11.1 Å². The van der Waals surface area contributed by atoms with Crippen LogP contribution in [0.1, 0.15) is 27.0 Å². The number of rotatable bonds is 4.